The molecule has 1 rings (SSSR count). The summed E-state index contributed by atoms with van der Waals surface area (Å²) < 4.78 is 4.57. The fourth-order valence-electron chi connectivity index (χ4n) is 1.10. The number of benzene rings is 1. The van der Waals surface area contributed by atoms with Gasteiger partial charge in [0.1, 0.15) is 6.04 Å². The Bertz CT molecular complexity index is 328. The van der Waals surface area contributed by atoms with E-state index in [0.717, 1.165) is 10.5 Å². The predicted molar refractivity (Wildman–Crippen MR) is 57.2 cm³/mol. The second-order valence-electron chi connectivity index (χ2n) is 2.78. The van der Waals surface area contributed by atoms with Crippen LogP contribution in [0.4, 0.5) is 0 Å². The van der Waals surface area contributed by atoms with Gasteiger partial charge < -0.3 is 10.5 Å². The number of thioether (sulfide) groups is 1. The van der Waals surface area contributed by atoms with Crippen LogP contribution in [0.1, 0.15) is 11.6 Å². The number of rotatable bonds is 3. The van der Waals surface area contributed by atoms with Crippen LogP contribution in [0.3, 0.4) is 0 Å². The smallest absolute Gasteiger partial charge is 0.327 e. The molecular formula is C10H13NO2S. The van der Waals surface area contributed by atoms with Crippen LogP contribution in [-0.2, 0) is 9.53 Å². The van der Waals surface area contributed by atoms with E-state index in [-0.39, 0.29) is 0 Å². The summed E-state index contributed by atoms with van der Waals surface area (Å²) >= 11 is 1.61. The lowest BCUT2D eigenvalue weighted by Crippen LogP contribution is -2.22. The van der Waals surface area contributed by atoms with Crippen LogP contribution in [0.15, 0.2) is 29.2 Å². The minimum Gasteiger partial charge on any atom is -0.468 e. The lowest BCUT2D eigenvalue weighted by molar-refractivity contribution is -0.142. The molecule has 0 aliphatic carbocycles. The molecule has 14 heavy (non-hydrogen) atoms. The number of carbonyl (C=O) groups is 1. The lowest BCUT2D eigenvalue weighted by atomic mass is 10.1. The first-order valence-corrected chi connectivity index (χ1v) is 5.39. The molecule has 1 atom stereocenters. The first-order valence-electron chi connectivity index (χ1n) is 4.16. The third-order valence-corrected chi connectivity index (χ3v) is 2.63. The van der Waals surface area contributed by atoms with E-state index in [0.29, 0.717) is 0 Å². The second-order valence-corrected chi connectivity index (χ2v) is 3.66. The van der Waals surface area contributed by atoms with Gasteiger partial charge in [-0.25, -0.2) is 0 Å². The molecule has 0 aromatic heterocycles. The molecule has 0 aliphatic rings. The van der Waals surface area contributed by atoms with Gasteiger partial charge in [0.05, 0.1) is 7.11 Å². The molecule has 0 radical (unpaired) electrons. The highest BCUT2D eigenvalue weighted by atomic mass is 32.2. The van der Waals surface area contributed by atoms with Gasteiger partial charge >= 0.3 is 5.97 Å². The Morgan fingerprint density at radius 2 is 2.29 bits per heavy atom. The van der Waals surface area contributed by atoms with Crippen molar-refractivity contribution in [1.29, 1.82) is 0 Å². The largest absolute Gasteiger partial charge is 0.468 e. The van der Waals surface area contributed by atoms with Crippen LogP contribution in [-0.4, -0.2) is 19.3 Å². The maximum atomic E-state index is 11.2. The highest BCUT2D eigenvalue weighted by Crippen LogP contribution is 2.19. The molecule has 1 aromatic carbocycles. The predicted octanol–water partition coefficient (Wildman–Crippen LogP) is 1.58. The maximum absolute atomic E-state index is 11.2. The van der Waals surface area contributed by atoms with E-state index in [1.54, 1.807) is 11.8 Å². The van der Waals surface area contributed by atoms with Crippen molar-refractivity contribution < 1.29 is 9.53 Å². The summed E-state index contributed by atoms with van der Waals surface area (Å²) in [5.74, 6) is -0.414. The number of ether oxygens (including phenoxy) is 1. The van der Waals surface area contributed by atoms with Crippen molar-refractivity contribution in [2.24, 2.45) is 5.73 Å². The summed E-state index contributed by atoms with van der Waals surface area (Å²) in [6, 6.07) is 6.88. The Labute approximate surface area is 87.6 Å². The zero-order valence-electron chi connectivity index (χ0n) is 8.19. The molecular weight excluding hydrogens is 198 g/mol. The Kier molecular flexibility index (Phi) is 3.98. The quantitative estimate of drug-likeness (QED) is 0.609. The zero-order valence-corrected chi connectivity index (χ0v) is 9.01. The number of hydrogen-bond acceptors (Lipinski definition) is 4. The molecule has 0 saturated heterocycles. The Hall–Kier alpha value is -1.00. The summed E-state index contributed by atoms with van der Waals surface area (Å²) in [4.78, 5) is 12.2. The summed E-state index contributed by atoms with van der Waals surface area (Å²) in [5.41, 5.74) is 6.47. The summed E-state index contributed by atoms with van der Waals surface area (Å²) in [6.45, 7) is 0. The fraction of sp³-hybridized carbons (Fsp3) is 0.300. The van der Waals surface area contributed by atoms with Gasteiger partial charge in [-0.15, -0.1) is 11.8 Å². The fourth-order valence-corrected chi connectivity index (χ4v) is 1.57. The van der Waals surface area contributed by atoms with Gasteiger partial charge in [-0.1, -0.05) is 12.1 Å². The second kappa shape index (κ2) is 5.02. The molecule has 0 fully saturated rings. The Morgan fingerprint density at radius 3 is 2.86 bits per heavy atom. The number of nitrogens with two attached hydrogens (primary N) is 1. The van der Waals surface area contributed by atoms with Gasteiger partial charge in [-0.2, -0.15) is 0 Å². The van der Waals surface area contributed by atoms with Crippen molar-refractivity contribution in [3.05, 3.63) is 29.8 Å². The average Bonchev–Trinajstić information content (AvgIpc) is 2.27. The maximum Gasteiger partial charge on any atom is 0.327 e. The van der Waals surface area contributed by atoms with E-state index in [9.17, 15) is 4.79 Å². The topological polar surface area (TPSA) is 52.3 Å². The van der Waals surface area contributed by atoms with Crippen LogP contribution in [0.5, 0.6) is 0 Å². The van der Waals surface area contributed by atoms with Crippen molar-refractivity contribution >= 4 is 17.7 Å². The normalized spacial score (nSPS) is 12.2. The first kappa shape index (κ1) is 11.1. The van der Waals surface area contributed by atoms with Crippen LogP contribution in [0, 0.1) is 0 Å². The molecule has 0 spiro atoms. The first-order chi connectivity index (χ1) is 6.69. The minimum atomic E-state index is -0.688. The molecule has 2 N–H and O–H groups in total. The number of carbonyl (C=O) groups excluding carboxylic acids is 1. The molecule has 3 nitrogen and oxygen atoms in total. The van der Waals surface area contributed by atoms with E-state index in [1.807, 2.05) is 30.5 Å². The van der Waals surface area contributed by atoms with Crippen LogP contribution in [0.2, 0.25) is 0 Å². The van der Waals surface area contributed by atoms with Crippen molar-refractivity contribution in [3.63, 3.8) is 0 Å². The van der Waals surface area contributed by atoms with Crippen molar-refractivity contribution in [2.45, 2.75) is 10.9 Å². The Balaban J connectivity index is 2.89. The van der Waals surface area contributed by atoms with E-state index in [2.05, 4.69) is 4.74 Å². The van der Waals surface area contributed by atoms with Crippen molar-refractivity contribution in [1.82, 2.24) is 0 Å². The number of hydrogen-bond donors (Lipinski definition) is 1. The van der Waals surface area contributed by atoms with Crippen LogP contribution >= 0.6 is 11.8 Å². The molecule has 1 unspecified atom stereocenters. The third-order valence-electron chi connectivity index (χ3n) is 1.91. The molecule has 76 valence electrons. The monoisotopic (exact) mass is 211 g/mol. The summed E-state index contributed by atoms with van der Waals surface area (Å²) in [6.07, 6.45) is 1.97. The van der Waals surface area contributed by atoms with Gasteiger partial charge in [0.15, 0.2) is 0 Å². The van der Waals surface area contributed by atoms with Gasteiger partial charge in [0.2, 0.25) is 0 Å². The van der Waals surface area contributed by atoms with Crippen LogP contribution in [0.25, 0.3) is 0 Å². The average molecular weight is 211 g/mol. The molecule has 0 bridgehead atoms. The molecule has 1 aromatic rings. The Morgan fingerprint density at radius 1 is 1.57 bits per heavy atom. The minimum absolute atomic E-state index is 0.414. The van der Waals surface area contributed by atoms with Crippen LogP contribution < -0.4 is 5.73 Å². The van der Waals surface area contributed by atoms with Gasteiger partial charge in [0.25, 0.3) is 0 Å². The van der Waals surface area contributed by atoms with Gasteiger partial charge in [0, 0.05) is 4.90 Å². The van der Waals surface area contributed by atoms with Crippen molar-refractivity contribution in [2.75, 3.05) is 13.4 Å². The van der Waals surface area contributed by atoms with E-state index >= 15 is 0 Å². The lowest BCUT2D eigenvalue weighted by Gasteiger charge is -2.10. The van der Waals surface area contributed by atoms with Gasteiger partial charge in [-0.05, 0) is 24.0 Å². The summed E-state index contributed by atoms with van der Waals surface area (Å²) in [7, 11) is 1.33. The number of esters is 1. The molecule has 0 amide bonds. The highest BCUT2D eigenvalue weighted by Gasteiger charge is 2.15. The summed E-state index contributed by atoms with van der Waals surface area (Å²) in [5, 5.41) is 0. The zero-order chi connectivity index (χ0) is 10.6. The standard InChI is InChI=1S/C10H13NO2S/c1-13-10(12)9(11)7-4-3-5-8(6-7)14-2/h3-6,9H,11H2,1-2H3. The highest BCUT2D eigenvalue weighted by molar-refractivity contribution is 7.98. The number of methoxy groups -OCH3 is 1. The third kappa shape index (κ3) is 2.49. The molecule has 0 saturated carbocycles. The SMILES string of the molecule is COC(=O)C(N)c1cccc(SC)c1. The van der Waals surface area contributed by atoms with E-state index in [1.165, 1.54) is 7.11 Å². The van der Waals surface area contributed by atoms with Crippen molar-refractivity contribution in [3.8, 4) is 0 Å². The molecule has 0 aliphatic heterocycles. The van der Waals surface area contributed by atoms with E-state index in [4.69, 9.17) is 5.73 Å². The molecule has 4 heteroatoms. The van der Waals surface area contributed by atoms with Gasteiger partial charge in [-0.3, -0.25) is 4.79 Å². The van der Waals surface area contributed by atoms with E-state index < -0.39 is 12.0 Å². The molecule has 0 heterocycles.